The molecule has 1 fully saturated rings. The fourth-order valence-electron chi connectivity index (χ4n) is 3.13. The molecule has 1 atom stereocenters. The Morgan fingerprint density at radius 2 is 1.79 bits per heavy atom. The summed E-state index contributed by atoms with van der Waals surface area (Å²) in [5.74, 6) is -0.130. The molecular formula is C18H15F3N2O. The van der Waals surface area contributed by atoms with E-state index in [1.807, 2.05) is 0 Å². The Labute approximate surface area is 137 Å². The average Bonchev–Trinajstić information content (AvgIpc) is 3.39. The molecule has 1 saturated carbocycles. The Morgan fingerprint density at radius 1 is 1.04 bits per heavy atom. The number of amides is 1. The van der Waals surface area contributed by atoms with Crippen molar-refractivity contribution in [2.24, 2.45) is 0 Å². The summed E-state index contributed by atoms with van der Waals surface area (Å²) < 4.78 is 39.1. The fourth-order valence-corrected chi connectivity index (χ4v) is 3.13. The van der Waals surface area contributed by atoms with Crippen molar-refractivity contribution in [1.29, 1.82) is 0 Å². The van der Waals surface area contributed by atoms with Gasteiger partial charge in [0.1, 0.15) is 6.17 Å². The van der Waals surface area contributed by atoms with Gasteiger partial charge in [0.2, 0.25) is 0 Å². The second kappa shape index (κ2) is 5.26. The number of anilines is 1. The molecule has 1 N–H and O–H groups in total. The Morgan fingerprint density at radius 3 is 2.50 bits per heavy atom. The molecule has 2 aromatic carbocycles. The number of rotatable bonds is 2. The van der Waals surface area contributed by atoms with Crippen molar-refractivity contribution in [1.82, 2.24) is 4.90 Å². The molecule has 1 heterocycles. The smallest absolute Gasteiger partial charge is 0.361 e. The summed E-state index contributed by atoms with van der Waals surface area (Å²) in [5, 5.41) is 3.23. The zero-order valence-corrected chi connectivity index (χ0v) is 12.7. The standard InChI is InChI=1S/C18H15F3N2O/c19-18(20,21)12-5-3-4-11(10-12)16-22-15-7-2-1-6-14(15)17(24)23(16)13-8-9-13/h1-7,10,13,16,22H,8-9H2/t16-/m0/s1. The van der Waals surface area contributed by atoms with E-state index >= 15 is 0 Å². The van der Waals surface area contributed by atoms with Crippen molar-refractivity contribution in [2.75, 3.05) is 5.32 Å². The maximum atomic E-state index is 13.0. The number of benzene rings is 2. The second-order valence-corrected chi connectivity index (χ2v) is 6.16. The van der Waals surface area contributed by atoms with Crippen molar-refractivity contribution in [3.63, 3.8) is 0 Å². The minimum atomic E-state index is -4.41. The van der Waals surface area contributed by atoms with Gasteiger partial charge in [0.15, 0.2) is 0 Å². The number of alkyl halides is 3. The normalized spacial score (nSPS) is 20.5. The molecule has 24 heavy (non-hydrogen) atoms. The summed E-state index contributed by atoms with van der Waals surface area (Å²) in [4.78, 5) is 14.5. The van der Waals surface area contributed by atoms with Crippen LogP contribution in [-0.4, -0.2) is 16.8 Å². The first-order valence-corrected chi connectivity index (χ1v) is 7.80. The van der Waals surface area contributed by atoms with E-state index in [4.69, 9.17) is 0 Å². The van der Waals surface area contributed by atoms with Crippen molar-refractivity contribution in [3.05, 3.63) is 65.2 Å². The van der Waals surface area contributed by atoms with Crippen LogP contribution in [0.15, 0.2) is 48.5 Å². The van der Waals surface area contributed by atoms with Crippen LogP contribution in [-0.2, 0) is 6.18 Å². The van der Waals surface area contributed by atoms with Crippen LogP contribution in [0.4, 0.5) is 18.9 Å². The summed E-state index contributed by atoms with van der Waals surface area (Å²) >= 11 is 0. The van der Waals surface area contributed by atoms with Crippen LogP contribution < -0.4 is 5.32 Å². The van der Waals surface area contributed by atoms with Crippen molar-refractivity contribution >= 4 is 11.6 Å². The molecule has 124 valence electrons. The highest BCUT2D eigenvalue weighted by atomic mass is 19.4. The molecule has 0 bridgehead atoms. The second-order valence-electron chi connectivity index (χ2n) is 6.16. The average molecular weight is 332 g/mol. The maximum Gasteiger partial charge on any atom is 0.416 e. The van der Waals surface area contributed by atoms with Gasteiger partial charge in [-0.1, -0.05) is 24.3 Å². The molecule has 0 aromatic heterocycles. The van der Waals surface area contributed by atoms with Crippen LogP contribution in [0.5, 0.6) is 0 Å². The monoisotopic (exact) mass is 332 g/mol. The van der Waals surface area contributed by atoms with Gasteiger partial charge in [-0.2, -0.15) is 13.2 Å². The lowest BCUT2D eigenvalue weighted by Gasteiger charge is -2.38. The van der Waals surface area contributed by atoms with E-state index < -0.39 is 17.9 Å². The first-order valence-electron chi connectivity index (χ1n) is 7.80. The number of hydrogen-bond acceptors (Lipinski definition) is 2. The number of fused-ring (bicyclic) bond motifs is 1. The highest BCUT2D eigenvalue weighted by Gasteiger charge is 2.42. The van der Waals surface area contributed by atoms with Crippen LogP contribution in [0.2, 0.25) is 0 Å². The van der Waals surface area contributed by atoms with E-state index in [1.165, 1.54) is 6.07 Å². The van der Waals surface area contributed by atoms with Gasteiger partial charge in [0.05, 0.1) is 11.1 Å². The van der Waals surface area contributed by atoms with Gasteiger partial charge < -0.3 is 10.2 Å². The molecule has 1 aliphatic carbocycles. The Balaban J connectivity index is 1.78. The summed E-state index contributed by atoms with van der Waals surface area (Å²) in [6.07, 6.45) is -3.23. The van der Waals surface area contributed by atoms with E-state index in [0.29, 0.717) is 16.8 Å². The van der Waals surface area contributed by atoms with Gasteiger partial charge in [-0.25, -0.2) is 0 Å². The highest BCUT2D eigenvalue weighted by molar-refractivity contribution is 6.02. The lowest BCUT2D eigenvalue weighted by atomic mass is 10.0. The Hall–Kier alpha value is -2.50. The van der Waals surface area contributed by atoms with Crippen molar-refractivity contribution < 1.29 is 18.0 Å². The molecule has 0 spiro atoms. The highest BCUT2D eigenvalue weighted by Crippen LogP contribution is 2.41. The Bertz CT molecular complexity index is 799. The zero-order chi connectivity index (χ0) is 16.9. The third-order valence-corrected chi connectivity index (χ3v) is 4.43. The molecular weight excluding hydrogens is 317 g/mol. The van der Waals surface area contributed by atoms with E-state index in [2.05, 4.69) is 5.32 Å². The van der Waals surface area contributed by atoms with Crippen LogP contribution in [0.25, 0.3) is 0 Å². The third-order valence-electron chi connectivity index (χ3n) is 4.43. The van der Waals surface area contributed by atoms with Gasteiger partial charge in [0.25, 0.3) is 5.91 Å². The predicted octanol–water partition coefficient (Wildman–Crippen LogP) is 4.43. The number of hydrogen-bond donors (Lipinski definition) is 1. The van der Waals surface area contributed by atoms with Gasteiger partial charge >= 0.3 is 6.18 Å². The molecule has 6 heteroatoms. The molecule has 2 aliphatic rings. The summed E-state index contributed by atoms with van der Waals surface area (Å²) in [5.41, 5.74) is 0.956. The van der Waals surface area contributed by atoms with E-state index in [-0.39, 0.29) is 11.9 Å². The lowest BCUT2D eigenvalue weighted by Crippen LogP contribution is -2.44. The summed E-state index contributed by atoms with van der Waals surface area (Å²) in [6, 6.07) is 12.4. The number of carbonyl (C=O) groups is 1. The summed E-state index contributed by atoms with van der Waals surface area (Å²) in [7, 11) is 0. The quantitative estimate of drug-likeness (QED) is 0.882. The van der Waals surface area contributed by atoms with E-state index in [9.17, 15) is 18.0 Å². The number of nitrogens with one attached hydrogen (secondary N) is 1. The molecule has 1 amide bonds. The van der Waals surface area contributed by atoms with Crippen LogP contribution in [0.1, 0.15) is 40.5 Å². The molecule has 0 saturated heterocycles. The zero-order valence-electron chi connectivity index (χ0n) is 12.7. The molecule has 0 unspecified atom stereocenters. The Kier molecular flexibility index (Phi) is 3.30. The molecule has 4 rings (SSSR count). The minimum Gasteiger partial charge on any atom is -0.361 e. The van der Waals surface area contributed by atoms with Gasteiger partial charge in [-0.05, 0) is 42.7 Å². The summed E-state index contributed by atoms with van der Waals surface area (Å²) in [6.45, 7) is 0. The molecule has 1 aliphatic heterocycles. The number of halogens is 3. The van der Waals surface area contributed by atoms with Crippen LogP contribution in [0, 0.1) is 0 Å². The SMILES string of the molecule is O=C1c2ccccc2N[C@H](c2cccc(C(F)(F)F)c2)N1C1CC1. The predicted molar refractivity (Wildman–Crippen MR) is 83.4 cm³/mol. The largest absolute Gasteiger partial charge is 0.416 e. The topological polar surface area (TPSA) is 32.3 Å². The van der Waals surface area contributed by atoms with Crippen LogP contribution >= 0.6 is 0 Å². The number of carbonyl (C=O) groups excluding carboxylic acids is 1. The van der Waals surface area contributed by atoms with Crippen molar-refractivity contribution in [3.8, 4) is 0 Å². The number of nitrogens with zero attached hydrogens (tertiary/aromatic N) is 1. The first kappa shape index (κ1) is 15.1. The maximum absolute atomic E-state index is 13.0. The van der Waals surface area contributed by atoms with Gasteiger partial charge in [-0.3, -0.25) is 4.79 Å². The number of para-hydroxylation sites is 1. The minimum absolute atomic E-state index is 0.0814. The van der Waals surface area contributed by atoms with Crippen LogP contribution in [0.3, 0.4) is 0 Å². The molecule has 0 radical (unpaired) electrons. The van der Waals surface area contributed by atoms with Crippen molar-refractivity contribution in [2.45, 2.75) is 31.2 Å². The lowest BCUT2D eigenvalue weighted by molar-refractivity contribution is -0.137. The first-order chi connectivity index (χ1) is 11.4. The van der Waals surface area contributed by atoms with Gasteiger partial charge in [0, 0.05) is 11.7 Å². The third kappa shape index (κ3) is 2.52. The fraction of sp³-hybridized carbons (Fsp3) is 0.278. The molecule has 3 nitrogen and oxygen atoms in total. The van der Waals surface area contributed by atoms with E-state index in [0.717, 1.165) is 25.0 Å². The molecule has 2 aromatic rings. The van der Waals surface area contributed by atoms with E-state index in [1.54, 1.807) is 35.2 Å². The van der Waals surface area contributed by atoms with Gasteiger partial charge in [-0.15, -0.1) is 0 Å².